The lowest BCUT2D eigenvalue weighted by Gasteiger charge is -2.16. The van der Waals surface area contributed by atoms with Gasteiger partial charge in [-0.1, -0.05) is 28.1 Å². The van der Waals surface area contributed by atoms with Crippen molar-refractivity contribution in [1.82, 2.24) is 4.90 Å². The predicted octanol–water partition coefficient (Wildman–Crippen LogP) is 2.85. The number of nitrogens with zero attached hydrogens (tertiary/aromatic N) is 1. The smallest absolute Gasteiger partial charge is 0.321 e. The van der Waals surface area contributed by atoms with Crippen LogP contribution in [0.2, 0.25) is 0 Å². The van der Waals surface area contributed by atoms with Gasteiger partial charge in [-0.3, -0.25) is 0 Å². The highest BCUT2D eigenvalue weighted by molar-refractivity contribution is 9.09. The molecule has 2 amide bonds. The molecule has 0 saturated carbocycles. The molecule has 1 aromatic carbocycles. The minimum atomic E-state index is -0.0833. The molecule has 0 unspecified atom stereocenters. The molecular formula is C11H15BrN2O. The van der Waals surface area contributed by atoms with Crippen LogP contribution in [0.3, 0.4) is 0 Å². The summed E-state index contributed by atoms with van der Waals surface area (Å²) in [6.07, 6.45) is 0. The van der Waals surface area contributed by atoms with E-state index in [9.17, 15) is 4.79 Å². The summed E-state index contributed by atoms with van der Waals surface area (Å²) in [5.41, 5.74) is 1.97. The number of hydrogen-bond donors (Lipinski definition) is 1. The fraction of sp³-hybridized carbons (Fsp3) is 0.364. The van der Waals surface area contributed by atoms with Crippen molar-refractivity contribution in [1.29, 1.82) is 0 Å². The van der Waals surface area contributed by atoms with E-state index in [1.54, 1.807) is 11.9 Å². The molecule has 0 saturated heterocycles. The molecule has 3 nitrogen and oxygen atoms in total. The summed E-state index contributed by atoms with van der Waals surface area (Å²) >= 11 is 3.29. The van der Waals surface area contributed by atoms with E-state index in [4.69, 9.17) is 0 Å². The van der Waals surface area contributed by atoms with Gasteiger partial charge in [0.1, 0.15) is 0 Å². The summed E-state index contributed by atoms with van der Waals surface area (Å²) in [5, 5.41) is 3.62. The Balaban J connectivity index is 2.58. The Labute approximate surface area is 98.6 Å². The topological polar surface area (TPSA) is 32.3 Å². The Bertz CT molecular complexity index is 341. The Morgan fingerprint density at radius 3 is 2.87 bits per heavy atom. The van der Waals surface area contributed by atoms with Crippen molar-refractivity contribution in [2.75, 3.05) is 24.2 Å². The van der Waals surface area contributed by atoms with Gasteiger partial charge in [-0.15, -0.1) is 0 Å². The molecule has 0 heterocycles. The molecule has 0 atom stereocenters. The van der Waals surface area contributed by atoms with E-state index in [2.05, 4.69) is 21.2 Å². The first-order valence-corrected chi connectivity index (χ1v) is 5.90. The Morgan fingerprint density at radius 1 is 1.53 bits per heavy atom. The first-order chi connectivity index (χ1) is 7.13. The molecule has 0 aromatic heterocycles. The van der Waals surface area contributed by atoms with Gasteiger partial charge in [0.2, 0.25) is 0 Å². The van der Waals surface area contributed by atoms with E-state index in [1.165, 1.54) is 0 Å². The summed E-state index contributed by atoms with van der Waals surface area (Å²) in [7, 11) is 1.77. The summed E-state index contributed by atoms with van der Waals surface area (Å²) in [4.78, 5) is 13.2. The molecule has 4 heteroatoms. The quantitative estimate of drug-likeness (QED) is 0.842. The number of aryl methyl sites for hydroxylation is 1. The van der Waals surface area contributed by atoms with Gasteiger partial charge in [-0.05, 0) is 24.6 Å². The molecule has 0 spiro atoms. The Kier molecular flexibility index (Phi) is 4.62. The maximum Gasteiger partial charge on any atom is 0.321 e. The highest BCUT2D eigenvalue weighted by Crippen LogP contribution is 2.09. The second-order valence-corrected chi connectivity index (χ2v) is 4.20. The zero-order chi connectivity index (χ0) is 11.3. The van der Waals surface area contributed by atoms with Crippen molar-refractivity contribution in [2.45, 2.75) is 6.92 Å². The summed E-state index contributed by atoms with van der Waals surface area (Å²) in [5.74, 6) is 0. The molecule has 82 valence electrons. The normalized spacial score (nSPS) is 9.80. The fourth-order valence-corrected chi connectivity index (χ4v) is 1.70. The number of alkyl halides is 1. The molecule has 0 aliphatic rings. The molecule has 0 aliphatic heterocycles. The number of urea groups is 1. The number of carbonyl (C=O) groups is 1. The first-order valence-electron chi connectivity index (χ1n) is 4.78. The number of amides is 2. The van der Waals surface area contributed by atoms with Crippen LogP contribution < -0.4 is 5.32 Å². The van der Waals surface area contributed by atoms with E-state index in [-0.39, 0.29) is 6.03 Å². The molecular weight excluding hydrogens is 256 g/mol. The van der Waals surface area contributed by atoms with Crippen molar-refractivity contribution >= 4 is 27.6 Å². The van der Waals surface area contributed by atoms with Crippen LogP contribution in [0.25, 0.3) is 0 Å². The van der Waals surface area contributed by atoms with Crippen molar-refractivity contribution in [3.8, 4) is 0 Å². The van der Waals surface area contributed by atoms with Crippen molar-refractivity contribution < 1.29 is 4.79 Å². The van der Waals surface area contributed by atoms with Crippen molar-refractivity contribution in [3.63, 3.8) is 0 Å². The van der Waals surface area contributed by atoms with E-state index < -0.39 is 0 Å². The third kappa shape index (κ3) is 3.91. The van der Waals surface area contributed by atoms with Crippen LogP contribution in [0.1, 0.15) is 5.56 Å². The van der Waals surface area contributed by atoms with Crippen LogP contribution in [0, 0.1) is 6.92 Å². The third-order valence-electron chi connectivity index (χ3n) is 2.04. The van der Waals surface area contributed by atoms with Gasteiger partial charge in [0.25, 0.3) is 0 Å². The second kappa shape index (κ2) is 5.75. The average molecular weight is 271 g/mol. The number of benzene rings is 1. The molecule has 15 heavy (non-hydrogen) atoms. The SMILES string of the molecule is Cc1cccc(NC(=O)N(C)CCBr)c1. The van der Waals surface area contributed by atoms with E-state index in [1.807, 2.05) is 31.2 Å². The number of anilines is 1. The van der Waals surface area contributed by atoms with E-state index >= 15 is 0 Å². The molecule has 1 N–H and O–H groups in total. The lowest BCUT2D eigenvalue weighted by molar-refractivity contribution is 0.225. The number of nitrogens with one attached hydrogen (secondary N) is 1. The molecule has 0 fully saturated rings. The third-order valence-corrected chi connectivity index (χ3v) is 2.39. The minimum absolute atomic E-state index is 0.0833. The lowest BCUT2D eigenvalue weighted by Crippen LogP contribution is -2.32. The molecule has 0 radical (unpaired) electrons. The summed E-state index contributed by atoms with van der Waals surface area (Å²) < 4.78 is 0. The van der Waals surface area contributed by atoms with Crippen LogP contribution in [0.4, 0.5) is 10.5 Å². The van der Waals surface area contributed by atoms with Crippen LogP contribution in [0.5, 0.6) is 0 Å². The van der Waals surface area contributed by atoms with E-state index in [0.29, 0.717) is 6.54 Å². The monoisotopic (exact) mass is 270 g/mol. The largest absolute Gasteiger partial charge is 0.327 e. The van der Waals surface area contributed by atoms with Gasteiger partial charge in [0, 0.05) is 24.6 Å². The summed E-state index contributed by atoms with van der Waals surface area (Å²) in [6, 6.07) is 7.67. The van der Waals surface area contributed by atoms with Gasteiger partial charge < -0.3 is 10.2 Å². The predicted molar refractivity (Wildman–Crippen MR) is 66.6 cm³/mol. The molecule has 0 bridgehead atoms. The second-order valence-electron chi connectivity index (χ2n) is 3.41. The van der Waals surface area contributed by atoms with Gasteiger partial charge in [-0.2, -0.15) is 0 Å². The first kappa shape index (κ1) is 12.0. The number of carbonyl (C=O) groups excluding carboxylic acids is 1. The summed E-state index contributed by atoms with van der Waals surface area (Å²) in [6.45, 7) is 2.69. The van der Waals surface area contributed by atoms with Crippen LogP contribution in [-0.2, 0) is 0 Å². The number of rotatable bonds is 3. The highest BCUT2D eigenvalue weighted by Gasteiger charge is 2.07. The number of hydrogen-bond acceptors (Lipinski definition) is 1. The van der Waals surface area contributed by atoms with Gasteiger partial charge in [0.05, 0.1) is 0 Å². The van der Waals surface area contributed by atoms with Gasteiger partial charge in [-0.25, -0.2) is 4.79 Å². The van der Waals surface area contributed by atoms with E-state index in [0.717, 1.165) is 16.6 Å². The zero-order valence-corrected chi connectivity index (χ0v) is 10.5. The Hall–Kier alpha value is -1.03. The maximum atomic E-state index is 11.6. The maximum absolute atomic E-state index is 11.6. The fourth-order valence-electron chi connectivity index (χ4n) is 1.17. The van der Waals surface area contributed by atoms with Crippen LogP contribution in [-0.4, -0.2) is 29.9 Å². The minimum Gasteiger partial charge on any atom is -0.327 e. The lowest BCUT2D eigenvalue weighted by atomic mass is 10.2. The zero-order valence-electron chi connectivity index (χ0n) is 8.96. The number of halogens is 1. The van der Waals surface area contributed by atoms with Crippen LogP contribution >= 0.6 is 15.9 Å². The van der Waals surface area contributed by atoms with Crippen LogP contribution in [0.15, 0.2) is 24.3 Å². The standard InChI is InChI=1S/C11H15BrN2O/c1-9-4-3-5-10(8-9)13-11(15)14(2)7-6-12/h3-5,8H,6-7H2,1-2H3,(H,13,15). The van der Waals surface area contributed by atoms with Crippen molar-refractivity contribution in [2.24, 2.45) is 0 Å². The highest BCUT2D eigenvalue weighted by atomic mass is 79.9. The van der Waals surface area contributed by atoms with Gasteiger partial charge >= 0.3 is 6.03 Å². The average Bonchev–Trinajstić information content (AvgIpc) is 2.18. The molecule has 1 aromatic rings. The van der Waals surface area contributed by atoms with Crippen molar-refractivity contribution in [3.05, 3.63) is 29.8 Å². The Morgan fingerprint density at radius 2 is 2.27 bits per heavy atom. The molecule has 1 rings (SSSR count). The molecule has 0 aliphatic carbocycles. The van der Waals surface area contributed by atoms with Gasteiger partial charge in [0.15, 0.2) is 0 Å².